The third-order valence-corrected chi connectivity index (χ3v) is 3.82. The van der Waals surface area contributed by atoms with Crippen molar-refractivity contribution in [1.29, 1.82) is 0 Å². The Morgan fingerprint density at radius 3 is 1.81 bits per heavy atom. The average molecular weight is 243 g/mol. The highest BCUT2D eigenvalue weighted by Gasteiger charge is 2.03. The molecule has 1 unspecified atom stereocenters. The first-order chi connectivity index (χ1) is 7.85. The summed E-state index contributed by atoms with van der Waals surface area (Å²) in [6, 6.07) is 0. The second kappa shape index (κ2) is 13.4. The molecule has 16 heavy (non-hydrogen) atoms. The summed E-state index contributed by atoms with van der Waals surface area (Å²) in [6.07, 6.45) is 15.5. The molecule has 0 nitrogen and oxygen atoms in total. The van der Waals surface area contributed by atoms with E-state index in [0.29, 0.717) is 0 Å². The second-order valence-electron chi connectivity index (χ2n) is 5.03. The highest BCUT2D eigenvalue weighted by atomic mass is 32.1. The van der Waals surface area contributed by atoms with Crippen molar-refractivity contribution >= 4 is 12.6 Å². The summed E-state index contributed by atoms with van der Waals surface area (Å²) in [5.41, 5.74) is 0. The van der Waals surface area contributed by atoms with Gasteiger partial charge in [-0.15, -0.1) is 0 Å². The van der Waals surface area contributed by atoms with Crippen LogP contribution >= 0.6 is 12.6 Å². The van der Waals surface area contributed by atoms with Crippen molar-refractivity contribution in [1.82, 2.24) is 0 Å². The Morgan fingerprint density at radius 2 is 1.31 bits per heavy atom. The molecule has 0 spiro atoms. The van der Waals surface area contributed by atoms with Crippen molar-refractivity contribution in [3.8, 4) is 0 Å². The summed E-state index contributed by atoms with van der Waals surface area (Å²) in [7, 11) is 0. The molecule has 1 atom stereocenters. The molecule has 97 valence electrons. The lowest BCUT2D eigenvalue weighted by molar-refractivity contribution is 0.408. The highest BCUT2D eigenvalue weighted by molar-refractivity contribution is 7.80. The summed E-state index contributed by atoms with van der Waals surface area (Å²) < 4.78 is 0. The third-order valence-electron chi connectivity index (χ3n) is 3.53. The van der Waals surface area contributed by atoms with Gasteiger partial charge in [0.05, 0.1) is 0 Å². The van der Waals surface area contributed by atoms with Gasteiger partial charge in [0, 0.05) is 5.75 Å². The minimum absolute atomic E-state index is 0.954. The maximum Gasteiger partial charge on any atom is 0.00369 e. The molecule has 0 aliphatic heterocycles. The van der Waals surface area contributed by atoms with E-state index in [1.165, 1.54) is 70.6 Å². The van der Waals surface area contributed by atoms with Crippen molar-refractivity contribution in [2.24, 2.45) is 5.92 Å². The number of hydrogen-bond donors (Lipinski definition) is 0. The Labute approximate surface area is 109 Å². The van der Waals surface area contributed by atoms with Gasteiger partial charge in [-0.25, -0.2) is 0 Å². The minimum Gasteiger partial charge on any atom is -0.0942 e. The largest absolute Gasteiger partial charge is 0.0942 e. The molecule has 0 saturated carbocycles. The lowest BCUT2D eigenvalue weighted by Crippen LogP contribution is -1.97. The van der Waals surface area contributed by atoms with Gasteiger partial charge in [-0.3, -0.25) is 0 Å². The fourth-order valence-corrected chi connectivity index (χ4v) is 2.58. The van der Waals surface area contributed by atoms with Gasteiger partial charge < -0.3 is 0 Å². The normalized spacial score (nSPS) is 12.9. The van der Waals surface area contributed by atoms with E-state index in [4.69, 9.17) is 12.6 Å². The molecule has 0 N–H and O–H groups in total. The zero-order valence-electron chi connectivity index (χ0n) is 11.5. The van der Waals surface area contributed by atoms with Gasteiger partial charge in [-0.2, -0.15) is 0 Å². The van der Waals surface area contributed by atoms with Crippen LogP contribution in [0.3, 0.4) is 0 Å². The molecule has 0 amide bonds. The third kappa shape index (κ3) is 10.9. The molecule has 0 aromatic carbocycles. The SMILES string of the molecule is CCCC(CC)CCCCCCCCC[S]. The second-order valence-corrected chi connectivity index (χ2v) is 5.44. The summed E-state index contributed by atoms with van der Waals surface area (Å²) in [5, 5.41) is 0. The van der Waals surface area contributed by atoms with Crippen LogP contribution in [0.1, 0.15) is 84.5 Å². The first-order valence-corrected chi connectivity index (χ1v) is 8.00. The van der Waals surface area contributed by atoms with Crippen LogP contribution in [0.4, 0.5) is 0 Å². The Hall–Kier alpha value is 0.350. The van der Waals surface area contributed by atoms with E-state index in [1.54, 1.807) is 0 Å². The van der Waals surface area contributed by atoms with Crippen LogP contribution in [0.25, 0.3) is 0 Å². The molecule has 0 rings (SSSR count). The standard InChI is InChI=1S/C15H31S/c1-3-12-15(4-2)13-10-8-6-5-7-9-11-14-16/h15H,3-14H2,1-2H3. The molecular formula is C15H31S. The Morgan fingerprint density at radius 1 is 0.750 bits per heavy atom. The van der Waals surface area contributed by atoms with Crippen LogP contribution in [0.15, 0.2) is 0 Å². The molecule has 0 aliphatic carbocycles. The van der Waals surface area contributed by atoms with Crippen molar-refractivity contribution < 1.29 is 0 Å². The summed E-state index contributed by atoms with van der Waals surface area (Å²) in [5.74, 6) is 1.96. The van der Waals surface area contributed by atoms with E-state index < -0.39 is 0 Å². The van der Waals surface area contributed by atoms with E-state index in [1.807, 2.05) is 0 Å². The fraction of sp³-hybridized carbons (Fsp3) is 1.00. The van der Waals surface area contributed by atoms with Crippen LogP contribution in [0, 0.1) is 5.92 Å². The Kier molecular flexibility index (Phi) is 13.7. The van der Waals surface area contributed by atoms with E-state index >= 15 is 0 Å². The molecule has 1 radical (unpaired) electrons. The van der Waals surface area contributed by atoms with Crippen LogP contribution in [0.5, 0.6) is 0 Å². The molecule has 0 fully saturated rings. The van der Waals surface area contributed by atoms with Crippen molar-refractivity contribution in [3.05, 3.63) is 0 Å². The maximum absolute atomic E-state index is 4.94. The molecule has 0 saturated heterocycles. The van der Waals surface area contributed by atoms with Gasteiger partial charge in [-0.1, -0.05) is 90.7 Å². The van der Waals surface area contributed by atoms with Gasteiger partial charge in [0.2, 0.25) is 0 Å². The molecule has 0 bridgehead atoms. The van der Waals surface area contributed by atoms with Gasteiger partial charge in [0.25, 0.3) is 0 Å². The van der Waals surface area contributed by atoms with E-state index in [9.17, 15) is 0 Å². The van der Waals surface area contributed by atoms with Gasteiger partial charge in [-0.05, 0) is 12.3 Å². The lowest BCUT2D eigenvalue weighted by atomic mass is 9.94. The molecule has 0 heterocycles. The van der Waals surface area contributed by atoms with Crippen LogP contribution in [-0.4, -0.2) is 5.75 Å². The summed E-state index contributed by atoms with van der Waals surface area (Å²) >= 11 is 4.94. The predicted molar refractivity (Wildman–Crippen MR) is 78.1 cm³/mol. The van der Waals surface area contributed by atoms with Crippen LogP contribution in [0.2, 0.25) is 0 Å². The zero-order chi connectivity index (χ0) is 12.1. The quantitative estimate of drug-likeness (QED) is 0.362. The first kappa shape index (κ1) is 16.4. The van der Waals surface area contributed by atoms with Crippen molar-refractivity contribution in [2.75, 3.05) is 5.75 Å². The predicted octanol–water partition coefficient (Wildman–Crippen LogP) is 6.13. The maximum atomic E-state index is 4.94. The Bertz CT molecular complexity index is 123. The topological polar surface area (TPSA) is 0 Å². The van der Waals surface area contributed by atoms with Crippen molar-refractivity contribution in [3.63, 3.8) is 0 Å². The number of rotatable bonds is 12. The molecular weight excluding hydrogens is 212 g/mol. The van der Waals surface area contributed by atoms with E-state index in [-0.39, 0.29) is 0 Å². The lowest BCUT2D eigenvalue weighted by Gasteiger charge is -2.12. The summed E-state index contributed by atoms with van der Waals surface area (Å²) in [4.78, 5) is 0. The van der Waals surface area contributed by atoms with Gasteiger partial charge in [0.15, 0.2) is 0 Å². The molecule has 0 aromatic rings. The van der Waals surface area contributed by atoms with Crippen LogP contribution < -0.4 is 0 Å². The molecule has 1 heteroatoms. The van der Waals surface area contributed by atoms with Crippen molar-refractivity contribution in [2.45, 2.75) is 84.5 Å². The fourth-order valence-electron chi connectivity index (χ4n) is 2.38. The highest BCUT2D eigenvalue weighted by Crippen LogP contribution is 2.19. The average Bonchev–Trinajstić information content (AvgIpc) is 2.31. The Balaban J connectivity index is 3.12. The summed E-state index contributed by atoms with van der Waals surface area (Å²) in [6.45, 7) is 4.65. The van der Waals surface area contributed by atoms with Crippen LogP contribution in [-0.2, 0) is 0 Å². The van der Waals surface area contributed by atoms with E-state index in [0.717, 1.165) is 11.7 Å². The number of unbranched alkanes of at least 4 members (excludes halogenated alkanes) is 6. The van der Waals surface area contributed by atoms with Gasteiger partial charge in [0.1, 0.15) is 0 Å². The molecule has 0 aliphatic rings. The smallest absolute Gasteiger partial charge is 0.00369 e. The van der Waals surface area contributed by atoms with Gasteiger partial charge >= 0.3 is 0 Å². The molecule has 0 aromatic heterocycles. The van der Waals surface area contributed by atoms with E-state index in [2.05, 4.69) is 13.8 Å². The zero-order valence-corrected chi connectivity index (χ0v) is 12.3. The minimum atomic E-state index is 0.954. The monoisotopic (exact) mass is 243 g/mol. The number of hydrogen-bond acceptors (Lipinski definition) is 0. The first-order valence-electron chi connectivity index (χ1n) is 7.43.